The first kappa shape index (κ1) is 14.5. The lowest BCUT2D eigenvalue weighted by molar-refractivity contribution is 0.340. The van der Waals surface area contributed by atoms with Crippen molar-refractivity contribution in [3.8, 4) is 23.0 Å². The summed E-state index contributed by atoms with van der Waals surface area (Å²) in [7, 11) is 2.92. The lowest BCUT2D eigenvalue weighted by atomic mass is 10.2. The van der Waals surface area contributed by atoms with E-state index in [-0.39, 0.29) is 11.5 Å². The number of hydrogen-bond acceptors (Lipinski definition) is 6. The summed E-state index contributed by atoms with van der Waals surface area (Å²) in [6.45, 7) is 0. The maximum absolute atomic E-state index is 9.81. The molecule has 0 aromatic heterocycles. The average molecular weight is 288 g/mol. The lowest BCUT2D eigenvalue weighted by Gasteiger charge is -2.09. The second-order valence-electron chi connectivity index (χ2n) is 4.19. The molecule has 6 nitrogen and oxygen atoms in total. The summed E-state index contributed by atoms with van der Waals surface area (Å²) >= 11 is 0. The molecular formula is C15H16N2O4. The molecule has 0 heterocycles. The maximum Gasteiger partial charge on any atom is 0.200 e. The van der Waals surface area contributed by atoms with Crippen molar-refractivity contribution >= 4 is 11.9 Å². The molecule has 3 N–H and O–H groups in total. The Morgan fingerprint density at radius 3 is 2.10 bits per heavy atom. The molecule has 0 aliphatic heterocycles. The number of hydrazone groups is 1. The van der Waals surface area contributed by atoms with Crippen molar-refractivity contribution in [2.24, 2.45) is 5.10 Å². The van der Waals surface area contributed by atoms with E-state index in [1.807, 2.05) is 0 Å². The van der Waals surface area contributed by atoms with E-state index in [1.165, 1.54) is 14.2 Å². The molecule has 110 valence electrons. The van der Waals surface area contributed by atoms with Crippen molar-refractivity contribution in [2.75, 3.05) is 19.6 Å². The largest absolute Gasteiger partial charge is 0.508 e. The second kappa shape index (κ2) is 6.51. The third-order valence-corrected chi connectivity index (χ3v) is 2.78. The SMILES string of the molecule is COc1cc(/C=N/Nc2ccc(O)cc2)cc(OC)c1O. The molecule has 0 saturated carbocycles. The summed E-state index contributed by atoms with van der Waals surface area (Å²) in [5, 5.41) is 23.1. The van der Waals surface area contributed by atoms with Crippen LogP contribution in [0.4, 0.5) is 5.69 Å². The zero-order valence-corrected chi connectivity index (χ0v) is 11.7. The van der Waals surface area contributed by atoms with E-state index in [4.69, 9.17) is 9.47 Å². The number of hydrogen-bond donors (Lipinski definition) is 3. The summed E-state index contributed by atoms with van der Waals surface area (Å²) < 4.78 is 10.1. The number of anilines is 1. The second-order valence-corrected chi connectivity index (χ2v) is 4.19. The smallest absolute Gasteiger partial charge is 0.200 e. The highest BCUT2D eigenvalue weighted by Gasteiger charge is 2.10. The summed E-state index contributed by atoms with van der Waals surface area (Å²) in [5.74, 6) is 0.752. The molecule has 0 atom stereocenters. The minimum absolute atomic E-state index is 0.0522. The van der Waals surface area contributed by atoms with Crippen molar-refractivity contribution in [1.82, 2.24) is 0 Å². The van der Waals surface area contributed by atoms with Crippen molar-refractivity contribution in [2.45, 2.75) is 0 Å². The summed E-state index contributed by atoms with van der Waals surface area (Å²) in [6.07, 6.45) is 1.57. The van der Waals surface area contributed by atoms with Gasteiger partial charge in [0.1, 0.15) is 5.75 Å². The van der Waals surface area contributed by atoms with Crippen LogP contribution in [0, 0.1) is 0 Å². The Labute approximate surface area is 122 Å². The van der Waals surface area contributed by atoms with Crippen LogP contribution in [0.25, 0.3) is 0 Å². The Kier molecular flexibility index (Phi) is 4.50. The summed E-state index contributed by atoms with van der Waals surface area (Å²) in [5.41, 5.74) is 4.26. The normalized spacial score (nSPS) is 10.6. The van der Waals surface area contributed by atoms with Gasteiger partial charge in [0.15, 0.2) is 11.5 Å². The van der Waals surface area contributed by atoms with Crippen LogP contribution in [0.1, 0.15) is 5.56 Å². The van der Waals surface area contributed by atoms with Crippen LogP contribution >= 0.6 is 0 Å². The van der Waals surface area contributed by atoms with Crippen molar-refractivity contribution in [1.29, 1.82) is 0 Å². The van der Waals surface area contributed by atoms with Gasteiger partial charge in [0.2, 0.25) is 5.75 Å². The number of nitrogens with one attached hydrogen (secondary N) is 1. The Balaban J connectivity index is 2.15. The molecule has 0 saturated heterocycles. The molecule has 0 bridgehead atoms. The van der Waals surface area contributed by atoms with E-state index in [2.05, 4.69) is 10.5 Å². The van der Waals surface area contributed by atoms with E-state index in [1.54, 1.807) is 42.6 Å². The monoisotopic (exact) mass is 288 g/mol. The number of aromatic hydroxyl groups is 2. The minimum Gasteiger partial charge on any atom is -0.508 e. The van der Waals surface area contributed by atoms with Gasteiger partial charge in [0, 0.05) is 5.56 Å². The number of nitrogens with zero attached hydrogens (tertiary/aromatic N) is 1. The van der Waals surface area contributed by atoms with Crippen LogP contribution in [-0.4, -0.2) is 30.6 Å². The fourth-order valence-corrected chi connectivity index (χ4v) is 1.71. The number of phenols is 2. The average Bonchev–Trinajstić information content (AvgIpc) is 2.50. The molecule has 6 heteroatoms. The number of ether oxygens (including phenoxy) is 2. The van der Waals surface area contributed by atoms with Crippen molar-refractivity contribution in [3.63, 3.8) is 0 Å². The van der Waals surface area contributed by atoms with Crippen LogP contribution in [0.15, 0.2) is 41.5 Å². The quantitative estimate of drug-likeness (QED) is 0.447. The Morgan fingerprint density at radius 2 is 1.57 bits per heavy atom. The first-order valence-corrected chi connectivity index (χ1v) is 6.17. The molecule has 0 radical (unpaired) electrons. The van der Waals surface area contributed by atoms with Crippen molar-refractivity contribution in [3.05, 3.63) is 42.0 Å². The molecule has 0 aliphatic carbocycles. The Hall–Kier alpha value is -2.89. The fraction of sp³-hybridized carbons (Fsp3) is 0.133. The first-order valence-electron chi connectivity index (χ1n) is 6.17. The lowest BCUT2D eigenvalue weighted by Crippen LogP contribution is -1.94. The van der Waals surface area contributed by atoms with Gasteiger partial charge in [-0.25, -0.2) is 0 Å². The van der Waals surface area contributed by atoms with Gasteiger partial charge in [-0.1, -0.05) is 0 Å². The molecule has 0 spiro atoms. The van der Waals surface area contributed by atoms with E-state index in [9.17, 15) is 10.2 Å². The fourth-order valence-electron chi connectivity index (χ4n) is 1.71. The van der Waals surface area contributed by atoms with Crippen LogP contribution in [0.3, 0.4) is 0 Å². The molecule has 2 rings (SSSR count). The van der Waals surface area contributed by atoms with Gasteiger partial charge >= 0.3 is 0 Å². The molecule has 0 amide bonds. The third-order valence-electron chi connectivity index (χ3n) is 2.78. The van der Waals surface area contributed by atoms with Crippen LogP contribution in [0.2, 0.25) is 0 Å². The van der Waals surface area contributed by atoms with Gasteiger partial charge in [-0.3, -0.25) is 5.43 Å². The van der Waals surface area contributed by atoms with E-state index < -0.39 is 0 Å². The first-order chi connectivity index (χ1) is 10.1. The van der Waals surface area contributed by atoms with Crippen LogP contribution in [-0.2, 0) is 0 Å². The zero-order valence-electron chi connectivity index (χ0n) is 11.7. The standard InChI is InChI=1S/C15H16N2O4/c1-20-13-7-10(8-14(21-2)15(13)19)9-16-17-11-3-5-12(18)6-4-11/h3-9,17-19H,1-2H3/b16-9+. The number of phenolic OH excluding ortho intramolecular Hbond substituents is 2. The number of methoxy groups -OCH3 is 2. The molecule has 2 aromatic rings. The highest BCUT2D eigenvalue weighted by molar-refractivity contribution is 5.82. The van der Waals surface area contributed by atoms with Crippen molar-refractivity contribution < 1.29 is 19.7 Å². The van der Waals surface area contributed by atoms with Gasteiger partial charge in [-0.15, -0.1) is 0 Å². The highest BCUT2D eigenvalue weighted by atomic mass is 16.5. The minimum atomic E-state index is -0.0522. The van der Waals surface area contributed by atoms with Crippen LogP contribution < -0.4 is 14.9 Å². The topological polar surface area (TPSA) is 83.3 Å². The number of rotatable bonds is 5. The summed E-state index contributed by atoms with van der Waals surface area (Å²) in [6, 6.07) is 9.80. The Bertz CT molecular complexity index is 614. The van der Waals surface area contributed by atoms with E-state index in [0.717, 1.165) is 5.69 Å². The van der Waals surface area contributed by atoms with E-state index >= 15 is 0 Å². The molecule has 0 fully saturated rings. The molecule has 21 heavy (non-hydrogen) atoms. The number of benzene rings is 2. The van der Waals surface area contributed by atoms with Gasteiger partial charge in [-0.05, 0) is 36.4 Å². The van der Waals surface area contributed by atoms with E-state index in [0.29, 0.717) is 17.1 Å². The van der Waals surface area contributed by atoms with Gasteiger partial charge in [0.05, 0.1) is 26.1 Å². The van der Waals surface area contributed by atoms with Gasteiger partial charge in [0.25, 0.3) is 0 Å². The molecule has 2 aromatic carbocycles. The Morgan fingerprint density at radius 1 is 1.00 bits per heavy atom. The molecular weight excluding hydrogens is 272 g/mol. The maximum atomic E-state index is 9.81. The predicted octanol–water partition coefficient (Wildman–Crippen LogP) is 2.56. The summed E-state index contributed by atoms with van der Waals surface area (Å²) in [4.78, 5) is 0. The van der Waals surface area contributed by atoms with Gasteiger partial charge < -0.3 is 19.7 Å². The van der Waals surface area contributed by atoms with Crippen LogP contribution in [0.5, 0.6) is 23.0 Å². The highest BCUT2D eigenvalue weighted by Crippen LogP contribution is 2.36. The van der Waals surface area contributed by atoms with Gasteiger partial charge in [-0.2, -0.15) is 5.10 Å². The molecule has 0 unspecified atom stereocenters. The molecule has 0 aliphatic rings. The predicted molar refractivity (Wildman–Crippen MR) is 80.5 cm³/mol. The third kappa shape index (κ3) is 3.56. The zero-order chi connectivity index (χ0) is 15.2.